The van der Waals surface area contributed by atoms with Crippen molar-refractivity contribution in [2.45, 2.75) is 12.8 Å². The summed E-state index contributed by atoms with van der Waals surface area (Å²) < 4.78 is 18.4. The summed E-state index contributed by atoms with van der Waals surface area (Å²) in [5.74, 6) is 0.600. The molecule has 4 heteroatoms. The zero-order chi connectivity index (χ0) is 13.0. The summed E-state index contributed by atoms with van der Waals surface area (Å²) in [6, 6.07) is 10.2. The molecule has 2 nitrogen and oxygen atoms in total. The molecule has 2 N–H and O–H groups in total. The monoisotopic (exact) mass is 265 g/mol. The fraction of sp³-hybridized carbons (Fsp3) is 0.286. The van der Waals surface area contributed by atoms with Gasteiger partial charge in [-0.25, -0.2) is 4.39 Å². The Morgan fingerprint density at radius 3 is 2.50 bits per heavy atom. The van der Waals surface area contributed by atoms with Gasteiger partial charge in [-0.15, -0.1) is 11.3 Å². The van der Waals surface area contributed by atoms with Gasteiger partial charge in [0.15, 0.2) is 0 Å². The van der Waals surface area contributed by atoms with Crippen LogP contribution in [0.2, 0.25) is 0 Å². The molecule has 0 amide bonds. The number of aryl methyl sites for hydroxylation is 1. The molecule has 1 aromatic heterocycles. The van der Waals surface area contributed by atoms with Crippen molar-refractivity contribution in [2.24, 2.45) is 5.73 Å². The minimum Gasteiger partial charge on any atom is -0.493 e. The van der Waals surface area contributed by atoms with Crippen LogP contribution >= 0.6 is 11.3 Å². The predicted molar refractivity (Wildman–Crippen MR) is 72.7 cm³/mol. The lowest BCUT2D eigenvalue weighted by Crippen LogP contribution is -2.18. The highest BCUT2D eigenvalue weighted by Gasteiger charge is 2.12. The van der Waals surface area contributed by atoms with Crippen LogP contribution < -0.4 is 10.5 Å². The number of thiophene rings is 1. The van der Waals surface area contributed by atoms with E-state index in [1.54, 1.807) is 23.5 Å². The van der Waals surface area contributed by atoms with Gasteiger partial charge in [0, 0.05) is 22.2 Å². The van der Waals surface area contributed by atoms with Crippen molar-refractivity contribution in [3.8, 4) is 5.75 Å². The van der Waals surface area contributed by atoms with Crippen molar-refractivity contribution in [1.29, 1.82) is 0 Å². The molecule has 0 radical (unpaired) electrons. The Labute approximate surface area is 110 Å². The summed E-state index contributed by atoms with van der Waals surface area (Å²) in [5.41, 5.74) is 5.77. The normalized spacial score (nSPS) is 12.4. The van der Waals surface area contributed by atoms with Crippen molar-refractivity contribution in [2.75, 3.05) is 13.2 Å². The summed E-state index contributed by atoms with van der Waals surface area (Å²) in [5, 5.41) is 0. The highest BCUT2D eigenvalue weighted by atomic mass is 32.1. The van der Waals surface area contributed by atoms with Gasteiger partial charge in [-0.05, 0) is 43.3 Å². The van der Waals surface area contributed by atoms with Crippen LogP contribution in [0.25, 0.3) is 0 Å². The average molecular weight is 265 g/mol. The van der Waals surface area contributed by atoms with Crippen molar-refractivity contribution >= 4 is 11.3 Å². The largest absolute Gasteiger partial charge is 0.493 e. The minimum absolute atomic E-state index is 0.189. The molecule has 0 aliphatic carbocycles. The Hall–Kier alpha value is -1.39. The van der Waals surface area contributed by atoms with Crippen LogP contribution in [0.1, 0.15) is 15.7 Å². The summed E-state index contributed by atoms with van der Waals surface area (Å²) in [6.07, 6.45) is 0. The molecule has 0 saturated carbocycles. The third-order valence-electron chi connectivity index (χ3n) is 2.71. The lowest BCUT2D eigenvalue weighted by atomic mass is 10.1. The van der Waals surface area contributed by atoms with Gasteiger partial charge in [0.1, 0.15) is 11.6 Å². The molecule has 0 aliphatic heterocycles. The number of hydrogen-bond acceptors (Lipinski definition) is 3. The lowest BCUT2D eigenvalue weighted by Gasteiger charge is -2.14. The second kappa shape index (κ2) is 5.98. The van der Waals surface area contributed by atoms with Gasteiger partial charge < -0.3 is 10.5 Å². The Morgan fingerprint density at radius 1 is 1.22 bits per heavy atom. The van der Waals surface area contributed by atoms with E-state index in [1.807, 2.05) is 0 Å². The topological polar surface area (TPSA) is 35.2 Å². The van der Waals surface area contributed by atoms with E-state index in [4.69, 9.17) is 10.5 Å². The van der Waals surface area contributed by atoms with E-state index in [1.165, 1.54) is 21.9 Å². The average Bonchev–Trinajstić information content (AvgIpc) is 2.79. The molecule has 0 aliphatic rings. The van der Waals surface area contributed by atoms with Gasteiger partial charge in [0.2, 0.25) is 0 Å². The summed E-state index contributed by atoms with van der Waals surface area (Å²) in [4.78, 5) is 2.50. The van der Waals surface area contributed by atoms with Crippen LogP contribution in [0.5, 0.6) is 5.75 Å². The van der Waals surface area contributed by atoms with Crippen LogP contribution in [0, 0.1) is 12.7 Å². The standard InChI is InChI=1S/C14H16FNOS/c1-10-2-7-14(18-10)11(8-16)9-17-13-5-3-12(15)4-6-13/h2-7,11H,8-9,16H2,1H3. The number of halogens is 1. The van der Waals surface area contributed by atoms with Crippen molar-refractivity contribution < 1.29 is 9.13 Å². The minimum atomic E-state index is -0.258. The maximum atomic E-state index is 12.7. The number of hydrogen-bond donors (Lipinski definition) is 1. The first-order valence-electron chi connectivity index (χ1n) is 5.84. The maximum Gasteiger partial charge on any atom is 0.123 e. The van der Waals surface area contributed by atoms with Crippen LogP contribution in [0.3, 0.4) is 0 Å². The van der Waals surface area contributed by atoms with E-state index < -0.39 is 0 Å². The van der Waals surface area contributed by atoms with E-state index in [0.717, 1.165) is 0 Å². The van der Waals surface area contributed by atoms with Gasteiger partial charge in [-0.3, -0.25) is 0 Å². The first-order valence-corrected chi connectivity index (χ1v) is 6.65. The summed E-state index contributed by atoms with van der Waals surface area (Å²) >= 11 is 1.74. The van der Waals surface area contributed by atoms with Crippen LogP contribution in [0.4, 0.5) is 4.39 Å². The molecule has 0 saturated heterocycles. The molecule has 18 heavy (non-hydrogen) atoms. The highest BCUT2D eigenvalue weighted by Crippen LogP contribution is 2.24. The smallest absolute Gasteiger partial charge is 0.123 e. The van der Waals surface area contributed by atoms with Crippen LogP contribution in [0.15, 0.2) is 36.4 Å². The fourth-order valence-corrected chi connectivity index (χ4v) is 2.64. The zero-order valence-electron chi connectivity index (χ0n) is 10.2. The number of benzene rings is 1. The Bertz CT molecular complexity index is 495. The van der Waals surface area contributed by atoms with Gasteiger partial charge in [-0.1, -0.05) is 0 Å². The zero-order valence-corrected chi connectivity index (χ0v) is 11.0. The third kappa shape index (κ3) is 3.31. The van der Waals surface area contributed by atoms with E-state index >= 15 is 0 Å². The molecular formula is C14H16FNOS. The van der Waals surface area contributed by atoms with Crippen molar-refractivity contribution in [3.05, 3.63) is 52.0 Å². The second-order valence-electron chi connectivity index (χ2n) is 4.15. The Morgan fingerprint density at radius 2 is 1.94 bits per heavy atom. The molecule has 2 aromatic rings. The van der Waals surface area contributed by atoms with E-state index in [0.29, 0.717) is 18.9 Å². The molecule has 1 unspecified atom stereocenters. The van der Waals surface area contributed by atoms with E-state index in [-0.39, 0.29) is 11.7 Å². The highest BCUT2D eigenvalue weighted by molar-refractivity contribution is 7.12. The summed E-state index contributed by atoms with van der Waals surface area (Å²) in [7, 11) is 0. The molecular weight excluding hydrogens is 249 g/mol. The molecule has 1 heterocycles. The second-order valence-corrected chi connectivity index (χ2v) is 5.47. The SMILES string of the molecule is Cc1ccc(C(CN)COc2ccc(F)cc2)s1. The maximum absolute atomic E-state index is 12.7. The van der Waals surface area contributed by atoms with Crippen molar-refractivity contribution in [1.82, 2.24) is 0 Å². The first kappa shape index (κ1) is 13.1. The van der Waals surface area contributed by atoms with Crippen molar-refractivity contribution in [3.63, 3.8) is 0 Å². The Balaban J connectivity index is 1.97. The van der Waals surface area contributed by atoms with Crippen LogP contribution in [-0.4, -0.2) is 13.2 Å². The van der Waals surface area contributed by atoms with E-state index in [9.17, 15) is 4.39 Å². The fourth-order valence-electron chi connectivity index (χ4n) is 1.67. The molecule has 0 spiro atoms. The molecule has 1 aromatic carbocycles. The van der Waals surface area contributed by atoms with Gasteiger partial charge in [0.25, 0.3) is 0 Å². The van der Waals surface area contributed by atoms with E-state index in [2.05, 4.69) is 19.1 Å². The van der Waals surface area contributed by atoms with Crippen LogP contribution in [-0.2, 0) is 0 Å². The molecule has 0 bridgehead atoms. The first-order chi connectivity index (χ1) is 8.69. The van der Waals surface area contributed by atoms with Gasteiger partial charge in [0.05, 0.1) is 6.61 Å². The third-order valence-corrected chi connectivity index (χ3v) is 3.88. The Kier molecular flexibility index (Phi) is 4.33. The number of ether oxygens (including phenoxy) is 1. The predicted octanol–water partition coefficient (Wildman–Crippen LogP) is 3.32. The lowest BCUT2D eigenvalue weighted by molar-refractivity contribution is 0.291. The molecule has 0 fully saturated rings. The van der Waals surface area contributed by atoms with Gasteiger partial charge in [-0.2, -0.15) is 0 Å². The number of rotatable bonds is 5. The molecule has 96 valence electrons. The quantitative estimate of drug-likeness (QED) is 0.900. The molecule has 1 atom stereocenters. The number of nitrogens with two attached hydrogens (primary N) is 1. The molecule has 2 rings (SSSR count). The van der Waals surface area contributed by atoms with Gasteiger partial charge >= 0.3 is 0 Å². The summed E-state index contributed by atoms with van der Waals surface area (Å²) in [6.45, 7) is 3.13.